The summed E-state index contributed by atoms with van der Waals surface area (Å²) in [6, 6.07) is 1.78. The van der Waals surface area contributed by atoms with Crippen molar-refractivity contribution in [2.75, 3.05) is 31.2 Å². The van der Waals surface area contributed by atoms with Crippen molar-refractivity contribution in [2.45, 2.75) is 26.4 Å². The summed E-state index contributed by atoms with van der Waals surface area (Å²) in [6.45, 7) is 9.03. The first-order chi connectivity index (χ1) is 8.11. The highest BCUT2D eigenvalue weighted by atomic mass is 16.5. The molecule has 0 radical (unpaired) electrons. The first-order valence-electron chi connectivity index (χ1n) is 5.95. The Morgan fingerprint density at radius 2 is 2.35 bits per heavy atom. The van der Waals surface area contributed by atoms with Gasteiger partial charge in [-0.05, 0) is 20.8 Å². The van der Waals surface area contributed by atoms with E-state index in [1.807, 2.05) is 6.92 Å². The lowest BCUT2D eigenvalue weighted by molar-refractivity contribution is -0.0281. The number of ether oxygens (including phenoxy) is 2. The maximum atomic E-state index is 5.67. The summed E-state index contributed by atoms with van der Waals surface area (Å²) in [5.41, 5.74) is -0.150. The Hall–Kier alpha value is -1.36. The minimum atomic E-state index is -0.150. The van der Waals surface area contributed by atoms with Crippen LogP contribution in [0.3, 0.4) is 0 Å². The van der Waals surface area contributed by atoms with E-state index in [4.69, 9.17) is 9.47 Å². The smallest absolute Gasteiger partial charge is 0.228 e. The van der Waals surface area contributed by atoms with Crippen molar-refractivity contribution in [3.05, 3.63) is 12.3 Å². The summed E-state index contributed by atoms with van der Waals surface area (Å²) < 4.78 is 11.0. The first kappa shape index (κ1) is 12.1. The fourth-order valence-electron chi connectivity index (χ4n) is 1.90. The molecule has 5 heteroatoms. The van der Waals surface area contributed by atoms with Crippen LogP contribution >= 0.6 is 0 Å². The van der Waals surface area contributed by atoms with Gasteiger partial charge >= 0.3 is 0 Å². The molecule has 1 saturated heterocycles. The number of hydrogen-bond donors (Lipinski definition) is 0. The second kappa shape index (κ2) is 4.87. The van der Waals surface area contributed by atoms with Gasteiger partial charge in [-0.1, -0.05) is 0 Å². The average Bonchev–Trinajstić information content (AvgIpc) is 2.28. The highest BCUT2D eigenvalue weighted by molar-refractivity contribution is 5.33. The molecule has 0 saturated carbocycles. The SMILES string of the molecule is CCOc1ccnc(N2CCOC(C)(C)C2)n1. The molecule has 1 fully saturated rings. The maximum Gasteiger partial charge on any atom is 0.228 e. The van der Waals surface area contributed by atoms with Crippen molar-refractivity contribution in [3.63, 3.8) is 0 Å². The standard InChI is InChI=1S/C12H19N3O2/c1-4-16-10-5-6-13-11(14-10)15-7-8-17-12(2,3)9-15/h5-6H,4,7-9H2,1-3H3. The van der Waals surface area contributed by atoms with E-state index in [1.54, 1.807) is 12.3 Å². The van der Waals surface area contributed by atoms with Crippen LogP contribution in [-0.2, 0) is 4.74 Å². The van der Waals surface area contributed by atoms with Crippen LogP contribution in [0.1, 0.15) is 20.8 Å². The van der Waals surface area contributed by atoms with Gasteiger partial charge < -0.3 is 14.4 Å². The van der Waals surface area contributed by atoms with Gasteiger partial charge in [0.2, 0.25) is 11.8 Å². The summed E-state index contributed by atoms with van der Waals surface area (Å²) in [4.78, 5) is 10.8. The minimum Gasteiger partial charge on any atom is -0.478 e. The quantitative estimate of drug-likeness (QED) is 0.797. The Balaban J connectivity index is 2.13. The van der Waals surface area contributed by atoms with Crippen molar-refractivity contribution in [1.82, 2.24) is 9.97 Å². The summed E-state index contributed by atoms with van der Waals surface area (Å²) in [6.07, 6.45) is 1.73. The minimum absolute atomic E-state index is 0.150. The van der Waals surface area contributed by atoms with E-state index in [2.05, 4.69) is 28.7 Å². The Morgan fingerprint density at radius 3 is 3.06 bits per heavy atom. The fraction of sp³-hybridized carbons (Fsp3) is 0.667. The molecule has 5 nitrogen and oxygen atoms in total. The van der Waals surface area contributed by atoms with Gasteiger partial charge in [0.05, 0.1) is 18.8 Å². The number of anilines is 1. The zero-order valence-corrected chi connectivity index (χ0v) is 10.6. The van der Waals surface area contributed by atoms with Crippen molar-refractivity contribution in [1.29, 1.82) is 0 Å². The first-order valence-corrected chi connectivity index (χ1v) is 5.95. The van der Waals surface area contributed by atoms with Crippen molar-refractivity contribution in [3.8, 4) is 5.88 Å². The molecule has 0 bridgehead atoms. The largest absolute Gasteiger partial charge is 0.478 e. The molecule has 1 aliphatic rings. The molecule has 0 unspecified atom stereocenters. The maximum absolute atomic E-state index is 5.67. The predicted molar refractivity (Wildman–Crippen MR) is 65.4 cm³/mol. The summed E-state index contributed by atoms with van der Waals surface area (Å²) in [5.74, 6) is 1.34. The predicted octanol–water partition coefficient (Wildman–Crippen LogP) is 1.49. The lowest BCUT2D eigenvalue weighted by atomic mass is 10.1. The van der Waals surface area contributed by atoms with Crippen molar-refractivity contribution >= 4 is 5.95 Å². The molecule has 94 valence electrons. The van der Waals surface area contributed by atoms with E-state index in [0.29, 0.717) is 25.0 Å². The third-order valence-corrected chi connectivity index (χ3v) is 2.62. The third-order valence-electron chi connectivity index (χ3n) is 2.62. The Morgan fingerprint density at radius 1 is 1.53 bits per heavy atom. The molecular weight excluding hydrogens is 218 g/mol. The third kappa shape index (κ3) is 3.06. The van der Waals surface area contributed by atoms with Crippen molar-refractivity contribution in [2.24, 2.45) is 0 Å². The molecule has 0 aromatic carbocycles. The zero-order valence-electron chi connectivity index (χ0n) is 10.6. The van der Waals surface area contributed by atoms with Crippen LogP contribution in [0.5, 0.6) is 5.88 Å². The van der Waals surface area contributed by atoms with E-state index >= 15 is 0 Å². The van der Waals surface area contributed by atoms with Crippen molar-refractivity contribution < 1.29 is 9.47 Å². The van der Waals surface area contributed by atoms with Gasteiger partial charge in [-0.15, -0.1) is 0 Å². The Bertz CT molecular complexity index is 382. The second-order valence-electron chi connectivity index (χ2n) is 4.66. The van der Waals surface area contributed by atoms with Crippen LogP contribution in [-0.4, -0.2) is 41.9 Å². The van der Waals surface area contributed by atoms with Crippen LogP contribution in [0.15, 0.2) is 12.3 Å². The molecule has 1 aliphatic heterocycles. The zero-order chi connectivity index (χ0) is 12.3. The number of hydrogen-bond acceptors (Lipinski definition) is 5. The molecule has 0 aliphatic carbocycles. The van der Waals surface area contributed by atoms with Crippen LogP contribution < -0.4 is 9.64 Å². The van der Waals surface area contributed by atoms with E-state index in [-0.39, 0.29) is 5.60 Å². The van der Waals surface area contributed by atoms with Gasteiger partial charge in [0, 0.05) is 25.4 Å². The van der Waals surface area contributed by atoms with E-state index in [0.717, 1.165) is 13.1 Å². The highest BCUT2D eigenvalue weighted by Gasteiger charge is 2.28. The van der Waals surface area contributed by atoms with E-state index in [9.17, 15) is 0 Å². The van der Waals surface area contributed by atoms with Gasteiger partial charge in [0.1, 0.15) is 0 Å². The number of rotatable bonds is 3. The highest BCUT2D eigenvalue weighted by Crippen LogP contribution is 2.21. The van der Waals surface area contributed by atoms with Gasteiger partial charge in [-0.25, -0.2) is 4.98 Å². The molecule has 1 aromatic rings. The Labute approximate surface area is 102 Å². The molecule has 2 heterocycles. The second-order valence-corrected chi connectivity index (χ2v) is 4.66. The van der Waals surface area contributed by atoms with E-state index < -0.39 is 0 Å². The molecule has 0 N–H and O–H groups in total. The van der Waals surface area contributed by atoms with Gasteiger partial charge in [0.15, 0.2) is 0 Å². The summed E-state index contributed by atoms with van der Waals surface area (Å²) in [5, 5.41) is 0. The topological polar surface area (TPSA) is 47.5 Å². The lowest BCUT2D eigenvalue weighted by Crippen LogP contribution is -2.48. The number of aromatic nitrogens is 2. The number of nitrogens with zero attached hydrogens (tertiary/aromatic N) is 3. The molecule has 0 spiro atoms. The van der Waals surface area contributed by atoms with Crippen LogP contribution in [0, 0.1) is 0 Å². The normalized spacial score (nSPS) is 19.1. The molecule has 0 amide bonds. The number of morpholine rings is 1. The molecular formula is C12H19N3O2. The lowest BCUT2D eigenvalue weighted by Gasteiger charge is -2.38. The molecule has 1 aromatic heterocycles. The molecule has 17 heavy (non-hydrogen) atoms. The van der Waals surface area contributed by atoms with Gasteiger partial charge in [0.25, 0.3) is 0 Å². The van der Waals surface area contributed by atoms with Gasteiger partial charge in [-0.3, -0.25) is 0 Å². The molecule has 0 atom stereocenters. The van der Waals surface area contributed by atoms with E-state index in [1.165, 1.54) is 0 Å². The summed E-state index contributed by atoms with van der Waals surface area (Å²) in [7, 11) is 0. The average molecular weight is 237 g/mol. The molecule has 2 rings (SSSR count). The fourth-order valence-corrected chi connectivity index (χ4v) is 1.90. The van der Waals surface area contributed by atoms with Crippen LogP contribution in [0.2, 0.25) is 0 Å². The van der Waals surface area contributed by atoms with Crippen LogP contribution in [0.4, 0.5) is 5.95 Å². The van der Waals surface area contributed by atoms with Crippen LogP contribution in [0.25, 0.3) is 0 Å². The monoisotopic (exact) mass is 237 g/mol. The van der Waals surface area contributed by atoms with Gasteiger partial charge in [-0.2, -0.15) is 4.98 Å². The Kier molecular flexibility index (Phi) is 3.47. The summed E-state index contributed by atoms with van der Waals surface area (Å²) >= 11 is 0.